The largest absolute Gasteiger partial charge is 0.378 e. The minimum Gasteiger partial charge on any atom is -0.378 e. The van der Waals surface area contributed by atoms with Gasteiger partial charge in [0.05, 0.1) is 11.3 Å². The highest BCUT2D eigenvalue weighted by atomic mass is 19.2. The molecule has 2 rings (SSSR count). The van der Waals surface area contributed by atoms with E-state index in [1.807, 2.05) is 5.32 Å². The van der Waals surface area contributed by atoms with E-state index in [1.165, 1.54) is 0 Å². The number of halogens is 3. The van der Waals surface area contributed by atoms with Gasteiger partial charge in [-0.1, -0.05) is 0 Å². The lowest BCUT2D eigenvalue weighted by atomic mass is 10.1. The van der Waals surface area contributed by atoms with E-state index in [4.69, 9.17) is 5.11 Å². The van der Waals surface area contributed by atoms with Gasteiger partial charge < -0.3 is 10.4 Å². The number of aliphatic hydroxyl groups is 1. The first-order chi connectivity index (χ1) is 6.52. The van der Waals surface area contributed by atoms with Gasteiger partial charge in [0.2, 0.25) is 0 Å². The molecule has 1 aromatic rings. The summed E-state index contributed by atoms with van der Waals surface area (Å²) < 4.78 is 38.6. The van der Waals surface area contributed by atoms with Crippen molar-refractivity contribution in [3.05, 3.63) is 29.1 Å². The predicted octanol–water partition coefficient (Wildman–Crippen LogP) is 1.09. The van der Waals surface area contributed by atoms with Crippen LogP contribution in [-0.2, 0) is 4.79 Å². The number of nitrogens with one attached hydrogen (secondary N) is 1. The van der Waals surface area contributed by atoms with Crippen LogP contribution in [0.4, 0.5) is 18.9 Å². The van der Waals surface area contributed by atoms with Crippen LogP contribution in [0, 0.1) is 17.5 Å². The van der Waals surface area contributed by atoms with Gasteiger partial charge in [-0.25, -0.2) is 13.2 Å². The number of benzene rings is 1. The number of anilines is 1. The molecule has 1 amide bonds. The predicted molar refractivity (Wildman–Crippen MR) is 39.9 cm³/mol. The second kappa shape index (κ2) is 2.71. The van der Waals surface area contributed by atoms with E-state index in [0.717, 1.165) is 0 Å². The molecule has 1 heterocycles. The van der Waals surface area contributed by atoms with Crippen molar-refractivity contribution in [2.45, 2.75) is 6.10 Å². The standard InChI is InChI=1S/C8H4F3NO2/c9-2-1-3(10)6-4(5(2)11)7(13)8(14)12-6/h1,7,13H,(H,12,14). The lowest BCUT2D eigenvalue weighted by molar-refractivity contribution is -0.123. The highest BCUT2D eigenvalue weighted by Gasteiger charge is 2.35. The van der Waals surface area contributed by atoms with Crippen molar-refractivity contribution in [2.75, 3.05) is 5.32 Å². The number of amides is 1. The molecule has 3 nitrogen and oxygen atoms in total. The van der Waals surface area contributed by atoms with Gasteiger partial charge in [-0.2, -0.15) is 0 Å². The molecule has 1 aliphatic rings. The van der Waals surface area contributed by atoms with E-state index in [-0.39, 0.29) is 0 Å². The molecule has 74 valence electrons. The van der Waals surface area contributed by atoms with Gasteiger partial charge in [-0.3, -0.25) is 4.79 Å². The monoisotopic (exact) mass is 203 g/mol. The number of hydrogen-bond acceptors (Lipinski definition) is 2. The molecule has 0 saturated heterocycles. The van der Waals surface area contributed by atoms with E-state index in [0.29, 0.717) is 6.07 Å². The van der Waals surface area contributed by atoms with Gasteiger partial charge >= 0.3 is 0 Å². The fourth-order valence-corrected chi connectivity index (χ4v) is 1.32. The Hall–Kier alpha value is -1.56. The fourth-order valence-electron chi connectivity index (χ4n) is 1.32. The van der Waals surface area contributed by atoms with E-state index in [9.17, 15) is 18.0 Å². The first-order valence-electron chi connectivity index (χ1n) is 3.68. The zero-order chi connectivity index (χ0) is 10.5. The van der Waals surface area contributed by atoms with Gasteiger partial charge in [-0.15, -0.1) is 0 Å². The summed E-state index contributed by atoms with van der Waals surface area (Å²) in [6, 6.07) is 0.312. The van der Waals surface area contributed by atoms with Gasteiger partial charge in [-0.05, 0) is 0 Å². The molecule has 0 spiro atoms. The van der Waals surface area contributed by atoms with Gasteiger partial charge in [0, 0.05) is 6.07 Å². The molecule has 6 heteroatoms. The SMILES string of the molecule is O=C1Nc2c(F)cc(F)c(F)c2C1O. The van der Waals surface area contributed by atoms with Gasteiger partial charge in [0.25, 0.3) is 5.91 Å². The molecular weight excluding hydrogens is 199 g/mol. The first kappa shape index (κ1) is 9.01. The van der Waals surface area contributed by atoms with Gasteiger partial charge in [0.15, 0.2) is 17.7 Å². The summed E-state index contributed by atoms with van der Waals surface area (Å²) in [6.07, 6.45) is -1.85. The zero-order valence-electron chi connectivity index (χ0n) is 6.64. The third kappa shape index (κ3) is 1.00. The Labute approximate surface area is 76.2 Å². The zero-order valence-corrected chi connectivity index (χ0v) is 6.64. The third-order valence-electron chi connectivity index (χ3n) is 1.98. The molecule has 1 aliphatic heterocycles. The van der Waals surface area contributed by atoms with Crippen LogP contribution in [0.3, 0.4) is 0 Å². The molecule has 0 bridgehead atoms. The number of rotatable bonds is 0. The van der Waals surface area contributed by atoms with Crippen molar-refractivity contribution in [1.82, 2.24) is 0 Å². The maximum absolute atomic E-state index is 13.0. The second-order valence-corrected chi connectivity index (χ2v) is 2.83. The topological polar surface area (TPSA) is 49.3 Å². The van der Waals surface area contributed by atoms with Crippen LogP contribution < -0.4 is 5.32 Å². The Morgan fingerprint density at radius 3 is 2.57 bits per heavy atom. The first-order valence-corrected chi connectivity index (χ1v) is 3.68. The lowest BCUT2D eigenvalue weighted by Crippen LogP contribution is -2.11. The van der Waals surface area contributed by atoms with Crippen molar-refractivity contribution >= 4 is 11.6 Å². The molecule has 0 radical (unpaired) electrons. The number of fused-ring (bicyclic) bond motifs is 1. The quantitative estimate of drug-likeness (QED) is 0.620. The smallest absolute Gasteiger partial charge is 0.258 e. The van der Waals surface area contributed by atoms with Crippen LogP contribution in [0.1, 0.15) is 11.7 Å². The molecule has 14 heavy (non-hydrogen) atoms. The van der Waals surface area contributed by atoms with Crippen LogP contribution in [0.5, 0.6) is 0 Å². The van der Waals surface area contributed by atoms with Crippen LogP contribution >= 0.6 is 0 Å². The summed E-state index contributed by atoms with van der Waals surface area (Å²) in [6.45, 7) is 0. The van der Waals surface area contributed by atoms with Crippen LogP contribution in [0.15, 0.2) is 6.07 Å². The minimum absolute atomic E-state index is 0.312. The number of carbonyl (C=O) groups excluding carboxylic acids is 1. The summed E-state index contributed by atoms with van der Waals surface area (Å²) in [5, 5.41) is 11.0. The summed E-state index contributed by atoms with van der Waals surface area (Å²) in [7, 11) is 0. The average molecular weight is 203 g/mol. The lowest BCUT2D eigenvalue weighted by Gasteiger charge is -2.03. The highest BCUT2D eigenvalue weighted by molar-refractivity contribution is 6.01. The average Bonchev–Trinajstić information content (AvgIpc) is 2.41. The minimum atomic E-state index is -1.85. The Bertz CT molecular complexity index is 433. The highest BCUT2D eigenvalue weighted by Crippen LogP contribution is 2.35. The van der Waals surface area contributed by atoms with E-state index >= 15 is 0 Å². The van der Waals surface area contributed by atoms with Gasteiger partial charge in [0.1, 0.15) is 5.82 Å². The van der Waals surface area contributed by atoms with Crippen molar-refractivity contribution in [1.29, 1.82) is 0 Å². The molecule has 0 fully saturated rings. The summed E-state index contributed by atoms with van der Waals surface area (Å²) in [5.41, 5.74) is -1.17. The number of hydrogen-bond donors (Lipinski definition) is 2. The fraction of sp³-hybridized carbons (Fsp3) is 0.125. The van der Waals surface area contributed by atoms with E-state index < -0.39 is 40.7 Å². The van der Waals surface area contributed by atoms with Crippen molar-refractivity contribution in [2.24, 2.45) is 0 Å². The molecule has 1 aromatic carbocycles. The Kier molecular flexibility index (Phi) is 1.75. The summed E-state index contributed by atoms with van der Waals surface area (Å²) >= 11 is 0. The number of aliphatic hydroxyl groups excluding tert-OH is 1. The van der Waals surface area contributed by atoms with Crippen molar-refractivity contribution in [3.8, 4) is 0 Å². The van der Waals surface area contributed by atoms with Crippen LogP contribution in [0.2, 0.25) is 0 Å². The van der Waals surface area contributed by atoms with Crippen molar-refractivity contribution in [3.63, 3.8) is 0 Å². The molecule has 1 unspecified atom stereocenters. The Morgan fingerprint density at radius 1 is 1.29 bits per heavy atom. The summed E-state index contributed by atoms with van der Waals surface area (Å²) in [4.78, 5) is 10.8. The molecule has 0 aliphatic carbocycles. The number of carbonyl (C=O) groups is 1. The molecule has 2 N–H and O–H groups in total. The van der Waals surface area contributed by atoms with Crippen LogP contribution in [0.25, 0.3) is 0 Å². The van der Waals surface area contributed by atoms with Crippen molar-refractivity contribution < 1.29 is 23.1 Å². The Morgan fingerprint density at radius 2 is 1.93 bits per heavy atom. The maximum Gasteiger partial charge on any atom is 0.258 e. The molecular formula is C8H4F3NO2. The van der Waals surface area contributed by atoms with Crippen LogP contribution in [-0.4, -0.2) is 11.0 Å². The third-order valence-corrected chi connectivity index (χ3v) is 1.98. The van der Waals surface area contributed by atoms with E-state index in [1.54, 1.807) is 0 Å². The Balaban J connectivity index is 2.73. The summed E-state index contributed by atoms with van der Waals surface area (Å²) in [5.74, 6) is -4.92. The molecule has 0 saturated carbocycles. The maximum atomic E-state index is 13.0. The molecule has 0 aromatic heterocycles. The van der Waals surface area contributed by atoms with E-state index in [2.05, 4.69) is 0 Å². The second-order valence-electron chi connectivity index (χ2n) is 2.83. The normalized spacial score (nSPS) is 19.4. The molecule has 1 atom stereocenters.